The second-order valence-corrected chi connectivity index (χ2v) is 8.60. The fourth-order valence-electron chi connectivity index (χ4n) is 2.93. The number of thiocarbonyl (C=S) groups is 1. The number of alkyl halides is 3. The fraction of sp³-hybridized carbons (Fsp3) is 0.222. The first-order valence-corrected chi connectivity index (χ1v) is 10.1. The van der Waals surface area contributed by atoms with E-state index < -0.39 is 17.2 Å². The van der Waals surface area contributed by atoms with Gasteiger partial charge in [0.2, 0.25) is 0 Å². The number of hydrogen-bond acceptors (Lipinski definition) is 4. The first kappa shape index (κ1) is 21.7. The van der Waals surface area contributed by atoms with Gasteiger partial charge < -0.3 is 5.73 Å². The third-order valence-electron chi connectivity index (χ3n) is 4.38. The minimum Gasteiger partial charge on any atom is -0.389 e. The summed E-state index contributed by atoms with van der Waals surface area (Å²) in [5.41, 5.74) is 4.90. The van der Waals surface area contributed by atoms with Crippen molar-refractivity contribution in [3.8, 4) is 6.07 Å². The number of rotatable bonds is 4. The molecule has 5 nitrogen and oxygen atoms in total. The molecule has 0 spiro atoms. The minimum absolute atomic E-state index is 0.0218. The molecule has 29 heavy (non-hydrogen) atoms. The number of fused-ring (bicyclic) bond motifs is 1. The van der Waals surface area contributed by atoms with Gasteiger partial charge in [-0.2, -0.15) is 23.5 Å². The van der Waals surface area contributed by atoms with Crippen molar-refractivity contribution in [1.82, 2.24) is 14.8 Å². The highest BCUT2D eigenvalue weighted by Gasteiger charge is 2.36. The van der Waals surface area contributed by atoms with E-state index in [-0.39, 0.29) is 22.7 Å². The molecule has 0 radical (unpaired) electrons. The Morgan fingerprint density at radius 2 is 1.97 bits per heavy atom. The lowest BCUT2D eigenvalue weighted by Crippen LogP contribution is -2.30. The average molecular weight is 547 g/mol. The zero-order valence-electron chi connectivity index (χ0n) is 14.8. The first-order valence-electron chi connectivity index (χ1n) is 8.06. The molecule has 0 aliphatic carbocycles. The largest absolute Gasteiger partial charge is 0.416 e. The van der Waals surface area contributed by atoms with Crippen LogP contribution in [0.4, 0.5) is 13.2 Å². The van der Waals surface area contributed by atoms with Crippen molar-refractivity contribution in [3.05, 3.63) is 56.2 Å². The van der Waals surface area contributed by atoms with E-state index in [1.165, 1.54) is 17.7 Å². The second kappa shape index (κ2) is 7.66. The van der Waals surface area contributed by atoms with Crippen molar-refractivity contribution in [3.63, 3.8) is 0 Å². The molecule has 11 heteroatoms. The summed E-state index contributed by atoms with van der Waals surface area (Å²) in [5.74, 6) is 0. The molecule has 2 heterocycles. The summed E-state index contributed by atoms with van der Waals surface area (Å²) in [6.45, 7) is 1.50. The fourth-order valence-corrected chi connectivity index (χ4v) is 3.72. The molecule has 0 bridgehead atoms. The zero-order valence-corrected chi connectivity index (χ0v) is 18.7. The molecule has 0 fully saturated rings. The maximum atomic E-state index is 13.3. The summed E-state index contributed by atoms with van der Waals surface area (Å²) >= 11 is 11.6. The number of halogens is 5. The Kier molecular flexibility index (Phi) is 5.73. The number of nitriles is 1. The van der Waals surface area contributed by atoms with Crippen LogP contribution in [0, 0.1) is 11.3 Å². The van der Waals surface area contributed by atoms with Gasteiger partial charge in [0, 0.05) is 5.56 Å². The molecule has 3 aromatic rings. The summed E-state index contributed by atoms with van der Waals surface area (Å²) < 4.78 is 42.5. The Morgan fingerprint density at radius 3 is 2.55 bits per heavy atom. The Labute approximate surface area is 186 Å². The van der Waals surface area contributed by atoms with Crippen LogP contribution < -0.4 is 5.73 Å². The topological polar surface area (TPSA) is 80.5 Å². The van der Waals surface area contributed by atoms with E-state index >= 15 is 0 Å². The lowest BCUT2D eigenvalue weighted by Gasteiger charge is -2.25. The molecule has 0 saturated carbocycles. The zero-order chi connectivity index (χ0) is 21.6. The Balaban J connectivity index is 2.12. The molecule has 0 amide bonds. The SMILES string of the molecule is CC(C#N)(Cn1cc2nc(Br)c(Br)cc2n1)c1cc(C(F)(F)F)ccc1C(N)=S. The standard InChI is InChI=1S/C18H12Br2F3N5S/c1-17(7-24,8-28-6-14-13(27-28)5-12(19)15(20)26-14)11-4-9(18(21,22)23)2-3-10(11)16(25)29/h2-6H,8H2,1H3,(H2,25,29). The molecule has 0 aliphatic heterocycles. The average Bonchev–Trinajstić information content (AvgIpc) is 3.01. The van der Waals surface area contributed by atoms with Gasteiger partial charge in [0.05, 0.1) is 34.3 Å². The number of pyridine rings is 1. The maximum absolute atomic E-state index is 13.3. The highest BCUT2D eigenvalue weighted by molar-refractivity contribution is 9.13. The van der Waals surface area contributed by atoms with Crippen molar-refractivity contribution in [2.24, 2.45) is 5.73 Å². The van der Waals surface area contributed by atoms with E-state index in [0.717, 1.165) is 12.1 Å². The van der Waals surface area contributed by atoms with E-state index in [0.29, 0.717) is 20.1 Å². The molecule has 1 atom stereocenters. The highest BCUT2D eigenvalue weighted by Crippen LogP contribution is 2.36. The van der Waals surface area contributed by atoms with Crippen LogP contribution in [-0.2, 0) is 18.1 Å². The summed E-state index contributed by atoms with van der Waals surface area (Å²) in [6.07, 6.45) is -2.95. The summed E-state index contributed by atoms with van der Waals surface area (Å²) in [4.78, 5) is 4.24. The van der Waals surface area contributed by atoms with Gasteiger partial charge in [0.25, 0.3) is 0 Å². The predicted octanol–water partition coefficient (Wildman–Crippen LogP) is 5.09. The second-order valence-electron chi connectivity index (χ2n) is 6.56. The molecule has 2 aromatic heterocycles. The molecule has 0 aliphatic rings. The predicted molar refractivity (Wildman–Crippen MR) is 113 cm³/mol. The van der Waals surface area contributed by atoms with Crippen LogP contribution in [0.3, 0.4) is 0 Å². The molecule has 1 unspecified atom stereocenters. The van der Waals surface area contributed by atoms with Crippen LogP contribution in [0.2, 0.25) is 0 Å². The maximum Gasteiger partial charge on any atom is 0.416 e. The van der Waals surface area contributed by atoms with E-state index in [1.807, 2.05) is 0 Å². The van der Waals surface area contributed by atoms with Gasteiger partial charge in [-0.05, 0) is 62.5 Å². The van der Waals surface area contributed by atoms with E-state index in [2.05, 4.69) is 48.0 Å². The molecular weight excluding hydrogens is 535 g/mol. The summed E-state index contributed by atoms with van der Waals surface area (Å²) in [7, 11) is 0. The molecule has 150 valence electrons. The first-order chi connectivity index (χ1) is 13.4. The monoisotopic (exact) mass is 545 g/mol. The molecule has 3 rings (SSSR count). The Hall–Kier alpha value is -2.03. The van der Waals surface area contributed by atoms with E-state index in [9.17, 15) is 18.4 Å². The Bertz CT molecular complexity index is 1130. The van der Waals surface area contributed by atoms with Crippen LogP contribution in [-0.4, -0.2) is 19.8 Å². The smallest absolute Gasteiger partial charge is 0.389 e. The third-order valence-corrected chi connectivity index (χ3v) is 6.34. The number of benzene rings is 1. The summed E-state index contributed by atoms with van der Waals surface area (Å²) in [6, 6.07) is 6.87. The van der Waals surface area contributed by atoms with Crippen LogP contribution in [0.5, 0.6) is 0 Å². The van der Waals surface area contributed by atoms with Gasteiger partial charge in [0.1, 0.15) is 20.6 Å². The van der Waals surface area contributed by atoms with Crippen molar-refractivity contribution in [2.75, 3.05) is 0 Å². The van der Waals surface area contributed by atoms with Gasteiger partial charge >= 0.3 is 6.18 Å². The quantitative estimate of drug-likeness (QED) is 0.364. The van der Waals surface area contributed by atoms with Gasteiger partial charge in [-0.15, -0.1) is 0 Å². The van der Waals surface area contributed by atoms with Crippen molar-refractivity contribution in [2.45, 2.75) is 25.1 Å². The minimum atomic E-state index is -4.57. The molecule has 0 saturated heterocycles. The number of nitrogens with zero attached hydrogens (tertiary/aromatic N) is 4. The van der Waals surface area contributed by atoms with Crippen LogP contribution in [0.15, 0.2) is 39.5 Å². The van der Waals surface area contributed by atoms with Crippen LogP contribution in [0.25, 0.3) is 11.0 Å². The lowest BCUT2D eigenvalue weighted by molar-refractivity contribution is -0.137. The van der Waals surface area contributed by atoms with Crippen LogP contribution in [0.1, 0.15) is 23.6 Å². The normalized spacial score (nSPS) is 13.8. The number of aromatic nitrogens is 3. The van der Waals surface area contributed by atoms with Crippen LogP contribution >= 0.6 is 44.1 Å². The number of hydrogen-bond donors (Lipinski definition) is 1. The third kappa shape index (κ3) is 4.29. The van der Waals surface area contributed by atoms with Gasteiger partial charge in [-0.1, -0.05) is 18.3 Å². The van der Waals surface area contributed by atoms with Gasteiger partial charge in [0.15, 0.2) is 0 Å². The van der Waals surface area contributed by atoms with Crippen molar-refractivity contribution in [1.29, 1.82) is 5.26 Å². The van der Waals surface area contributed by atoms with E-state index in [4.69, 9.17) is 18.0 Å². The summed E-state index contributed by atoms with van der Waals surface area (Å²) in [5, 5.41) is 14.3. The van der Waals surface area contributed by atoms with Gasteiger partial charge in [-0.25, -0.2) is 4.98 Å². The van der Waals surface area contributed by atoms with Gasteiger partial charge in [-0.3, -0.25) is 4.68 Å². The number of nitrogens with two attached hydrogens (primary N) is 1. The molecular formula is C18H12Br2F3N5S. The van der Waals surface area contributed by atoms with E-state index in [1.54, 1.807) is 12.3 Å². The molecule has 1 aromatic carbocycles. The lowest BCUT2D eigenvalue weighted by atomic mass is 9.80. The van der Waals surface area contributed by atoms with Crippen molar-refractivity contribution >= 4 is 60.1 Å². The van der Waals surface area contributed by atoms with Crippen molar-refractivity contribution < 1.29 is 13.2 Å². The highest BCUT2D eigenvalue weighted by atomic mass is 79.9. The Morgan fingerprint density at radius 1 is 1.28 bits per heavy atom. The molecule has 2 N–H and O–H groups in total.